The first-order chi connectivity index (χ1) is 12.6. The number of halogens is 1. The van der Waals surface area contributed by atoms with Crippen molar-refractivity contribution in [2.24, 2.45) is 0 Å². The van der Waals surface area contributed by atoms with Crippen molar-refractivity contribution < 1.29 is 4.39 Å². The molecule has 0 aliphatic carbocycles. The molecule has 2 N–H and O–H groups in total. The summed E-state index contributed by atoms with van der Waals surface area (Å²) >= 11 is 1.69. The molecule has 3 rings (SSSR count). The van der Waals surface area contributed by atoms with E-state index in [-0.39, 0.29) is 5.82 Å². The SMILES string of the molecule is CCN(CC)Sc1ccccc1-c1ccc(-c2cnc(N)cn2)c(F)c1. The summed E-state index contributed by atoms with van der Waals surface area (Å²) in [6, 6.07) is 13.3. The summed E-state index contributed by atoms with van der Waals surface area (Å²) in [4.78, 5) is 9.24. The molecule has 0 amide bonds. The minimum absolute atomic E-state index is 0.313. The average Bonchev–Trinajstić information content (AvgIpc) is 2.67. The van der Waals surface area contributed by atoms with Gasteiger partial charge in [0.15, 0.2) is 0 Å². The maximum absolute atomic E-state index is 14.7. The van der Waals surface area contributed by atoms with Crippen LogP contribution >= 0.6 is 11.9 Å². The van der Waals surface area contributed by atoms with Crippen molar-refractivity contribution in [1.29, 1.82) is 0 Å². The molecule has 6 heteroatoms. The molecule has 26 heavy (non-hydrogen) atoms. The van der Waals surface area contributed by atoms with Gasteiger partial charge in [-0.2, -0.15) is 0 Å². The fraction of sp³-hybridized carbons (Fsp3) is 0.200. The number of hydrogen-bond donors (Lipinski definition) is 1. The first-order valence-corrected chi connectivity index (χ1v) is 9.29. The largest absolute Gasteiger partial charge is 0.382 e. The Morgan fingerprint density at radius 2 is 1.77 bits per heavy atom. The third-order valence-electron chi connectivity index (χ3n) is 4.05. The van der Waals surface area contributed by atoms with E-state index in [9.17, 15) is 4.39 Å². The maximum Gasteiger partial charge on any atom is 0.141 e. The summed E-state index contributed by atoms with van der Waals surface area (Å²) in [7, 11) is 0. The number of anilines is 1. The number of aromatic nitrogens is 2. The molecule has 0 saturated heterocycles. The summed E-state index contributed by atoms with van der Waals surface area (Å²) < 4.78 is 17.0. The second-order valence-electron chi connectivity index (χ2n) is 5.72. The first-order valence-electron chi connectivity index (χ1n) is 8.52. The fourth-order valence-electron chi connectivity index (χ4n) is 2.64. The summed E-state index contributed by atoms with van der Waals surface area (Å²) in [6.45, 7) is 6.14. The standard InChI is InChI=1S/C20H21FN4S/c1-3-25(4-2)26-19-8-6-5-7-15(19)14-9-10-16(17(21)11-14)18-12-24-20(22)13-23-18/h5-13H,3-4H2,1-2H3,(H2,22,24). The number of nitrogens with two attached hydrogens (primary N) is 1. The van der Waals surface area contributed by atoms with Gasteiger partial charge in [-0.05, 0) is 41.3 Å². The minimum Gasteiger partial charge on any atom is -0.382 e. The molecule has 0 bridgehead atoms. The number of rotatable bonds is 6. The molecule has 134 valence electrons. The van der Waals surface area contributed by atoms with Crippen LogP contribution in [0.5, 0.6) is 0 Å². The van der Waals surface area contributed by atoms with Gasteiger partial charge < -0.3 is 5.73 Å². The molecule has 1 aromatic heterocycles. The summed E-state index contributed by atoms with van der Waals surface area (Å²) in [5.74, 6) is -0.0163. The van der Waals surface area contributed by atoms with E-state index >= 15 is 0 Å². The molecule has 0 fully saturated rings. The highest BCUT2D eigenvalue weighted by Crippen LogP contribution is 2.35. The minimum atomic E-state index is -0.329. The molecule has 1 heterocycles. The Morgan fingerprint density at radius 3 is 2.42 bits per heavy atom. The Bertz CT molecular complexity index is 879. The first kappa shape index (κ1) is 18.4. The van der Waals surface area contributed by atoms with Crippen LogP contribution in [0, 0.1) is 5.82 Å². The molecule has 3 aromatic rings. The van der Waals surface area contributed by atoms with Crippen LogP contribution in [0.3, 0.4) is 0 Å². The van der Waals surface area contributed by atoms with Crippen molar-refractivity contribution in [2.75, 3.05) is 18.8 Å². The van der Waals surface area contributed by atoms with E-state index in [0.29, 0.717) is 17.1 Å². The van der Waals surface area contributed by atoms with E-state index in [1.165, 1.54) is 12.4 Å². The molecule has 0 atom stereocenters. The molecular formula is C20H21FN4S. The van der Waals surface area contributed by atoms with Gasteiger partial charge in [0.2, 0.25) is 0 Å². The zero-order chi connectivity index (χ0) is 18.5. The molecule has 0 unspecified atom stereocenters. The summed E-state index contributed by atoms with van der Waals surface area (Å²) in [6.07, 6.45) is 2.91. The van der Waals surface area contributed by atoms with Crippen molar-refractivity contribution >= 4 is 17.8 Å². The molecule has 4 nitrogen and oxygen atoms in total. The van der Waals surface area contributed by atoms with Crippen LogP contribution in [-0.2, 0) is 0 Å². The van der Waals surface area contributed by atoms with Crippen molar-refractivity contribution in [2.45, 2.75) is 18.7 Å². The fourth-order valence-corrected chi connectivity index (χ4v) is 3.60. The highest BCUT2D eigenvalue weighted by atomic mass is 32.2. The number of nitrogens with zero attached hydrogens (tertiary/aromatic N) is 3. The molecule has 0 aliphatic rings. The van der Waals surface area contributed by atoms with Crippen molar-refractivity contribution in [3.63, 3.8) is 0 Å². The topological polar surface area (TPSA) is 55.0 Å². The second kappa shape index (κ2) is 8.29. The zero-order valence-corrected chi connectivity index (χ0v) is 15.6. The molecule has 0 saturated carbocycles. The molecule has 0 aliphatic heterocycles. The highest BCUT2D eigenvalue weighted by Gasteiger charge is 2.13. The molecule has 0 radical (unpaired) electrons. The Balaban J connectivity index is 1.96. The Kier molecular flexibility index (Phi) is 5.85. The van der Waals surface area contributed by atoms with Gasteiger partial charge in [0.05, 0.1) is 18.1 Å². The van der Waals surface area contributed by atoms with Gasteiger partial charge in [0, 0.05) is 23.5 Å². The van der Waals surface area contributed by atoms with Gasteiger partial charge >= 0.3 is 0 Å². The van der Waals surface area contributed by atoms with Gasteiger partial charge in [0.1, 0.15) is 11.6 Å². The van der Waals surface area contributed by atoms with Gasteiger partial charge in [0.25, 0.3) is 0 Å². The normalized spacial score (nSPS) is 11.1. The Morgan fingerprint density at radius 1 is 1.00 bits per heavy atom. The van der Waals surface area contributed by atoms with Crippen LogP contribution in [-0.4, -0.2) is 27.4 Å². The van der Waals surface area contributed by atoms with Gasteiger partial charge in [-0.15, -0.1) is 0 Å². The van der Waals surface area contributed by atoms with Crippen LogP contribution in [0.15, 0.2) is 59.8 Å². The quantitative estimate of drug-likeness (QED) is 0.628. The van der Waals surface area contributed by atoms with Crippen LogP contribution < -0.4 is 5.73 Å². The lowest BCUT2D eigenvalue weighted by atomic mass is 10.0. The smallest absolute Gasteiger partial charge is 0.141 e. The van der Waals surface area contributed by atoms with E-state index < -0.39 is 0 Å². The Labute approximate surface area is 157 Å². The average molecular weight is 368 g/mol. The van der Waals surface area contributed by atoms with Crippen molar-refractivity contribution in [1.82, 2.24) is 14.3 Å². The lowest BCUT2D eigenvalue weighted by Crippen LogP contribution is -2.13. The third kappa shape index (κ3) is 4.03. The predicted octanol–water partition coefficient (Wildman–Crippen LogP) is 4.88. The summed E-state index contributed by atoms with van der Waals surface area (Å²) in [5.41, 5.74) is 8.28. The van der Waals surface area contributed by atoms with E-state index in [4.69, 9.17) is 5.73 Å². The summed E-state index contributed by atoms with van der Waals surface area (Å²) in [5, 5.41) is 0. The van der Waals surface area contributed by atoms with Crippen molar-refractivity contribution in [3.8, 4) is 22.4 Å². The highest BCUT2D eigenvalue weighted by molar-refractivity contribution is 7.97. The van der Waals surface area contributed by atoms with Crippen LogP contribution in [0.2, 0.25) is 0 Å². The second-order valence-corrected chi connectivity index (χ2v) is 6.86. The lowest BCUT2D eigenvalue weighted by molar-refractivity contribution is 0.525. The number of hydrogen-bond acceptors (Lipinski definition) is 5. The number of benzene rings is 2. The van der Waals surface area contributed by atoms with E-state index in [2.05, 4.69) is 34.2 Å². The van der Waals surface area contributed by atoms with Gasteiger partial charge in [-0.25, -0.2) is 13.7 Å². The molecular weight excluding hydrogens is 347 g/mol. The molecule has 0 spiro atoms. The number of nitrogen functional groups attached to an aromatic ring is 1. The lowest BCUT2D eigenvalue weighted by Gasteiger charge is -2.19. The maximum atomic E-state index is 14.7. The predicted molar refractivity (Wildman–Crippen MR) is 106 cm³/mol. The Hall–Kier alpha value is -2.44. The molecule has 2 aromatic carbocycles. The monoisotopic (exact) mass is 368 g/mol. The van der Waals surface area contributed by atoms with Gasteiger partial charge in [-0.3, -0.25) is 4.98 Å². The van der Waals surface area contributed by atoms with Crippen LogP contribution in [0.1, 0.15) is 13.8 Å². The third-order valence-corrected chi connectivity index (χ3v) is 5.38. The van der Waals surface area contributed by atoms with Crippen molar-refractivity contribution in [3.05, 3.63) is 60.7 Å². The van der Waals surface area contributed by atoms with E-state index in [0.717, 1.165) is 29.1 Å². The van der Waals surface area contributed by atoms with Crippen LogP contribution in [0.4, 0.5) is 10.2 Å². The zero-order valence-electron chi connectivity index (χ0n) is 14.8. The van der Waals surface area contributed by atoms with E-state index in [1.807, 2.05) is 24.3 Å². The van der Waals surface area contributed by atoms with E-state index in [1.54, 1.807) is 24.1 Å². The van der Waals surface area contributed by atoms with Crippen LogP contribution in [0.25, 0.3) is 22.4 Å². The van der Waals surface area contributed by atoms with Gasteiger partial charge in [-0.1, -0.05) is 38.1 Å².